The number of thiophene rings is 1. The average molecular weight is 456 g/mol. The second kappa shape index (κ2) is 9.91. The molecule has 1 aliphatic rings. The highest BCUT2D eigenvalue weighted by Crippen LogP contribution is 2.36. The van der Waals surface area contributed by atoms with Crippen LogP contribution >= 0.6 is 11.3 Å². The van der Waals surface area contributed by atoms with Crippen molar-refractivity contribution in [1.29, 1.82) is 0 Å². The first-order chi connectivity index (χ1) is 15.0. The lowest BCUT2D eigenvalue weighted by molar-refractivity contribution is -0.124. The van der Waals surface area contributed by atoms with Crippen LogP contribution in [0.25, 0.3) is 0 Å². The number of carboxylic acid groups (broad SMARTS) is 1. The Morgan fingerprint density at radius 3 is 2.56 bits per heavy atom. The van der Waals surface area contributed by atoms with E-state index in [9.17, 15) is 14.7 Å². The van der Waals surface area contributed by atoms with Crippen molar-refractivity contribution in [1.82, 2.24) is 9.78 Å². The number of rotatable bonds is 6. The summed E-state index contributed by atoms with van der Waals surface area (Å²) in [7, 11) is 0. The Bertz CT molecular complexity index is 1000. The number of nitrogens with zero attached hydrogens (tertiary/aromatic N) is 3. The molecule has 1 amide bonds. The van der Waals surface area contributed by atoms with E-state index in [4.69, 9.17) is 0 Å². The fourth-order valence-electron chi connectivity index (χ4n) is 4.06. The van der Waals surface area contributed by atoms with Gasteiger partial charge in [0.1, 0.15) is 4.88 Å². The molecule has 0 aromatic carbocycles. The average Bonchev–Trinajstić information content (AvgIpc) is 3.36. The third-order valence-corrected chi connectivity index (χ3v) is 6.81. The zero-order valence-electron chi connectivity index (χ0n) is 19.6. The molecule has 0 spiro atoms. The fourth-order valence-corrected chi connectivity index (χ4v) is 4.90. The van der Waals surface area contributed by atoms with E-state index in [-0.39, 0.29) is 28.2 Å². The molecule has 1 fully saturated rings. The highest BCUT2D eigenvalue weighted by molar-refractivity contribution is 7.15. The highest BCUT2D eigenvalue weighted by atomic mass is 32.1. The first kappa shape index (κ1) is 24.1. The van der Waals surface area contributed by atoms with Gasteiger partial charge in [-0.1, -0.05) is 18.8 Å². The van der Waals surface area contributed by atoms with E-state index in [0.29, 0.717) is 23.0 Å². The minimum Gasteiger partial charge on any atom is -0.477 e. The number of aromatic nitrogens is 2. The summed E-state index contributed by atoms with van der Waals surface area (Å²) in [6, 6.07) is 3.36. The number of amides is 1. The molecule has 2 heterocycles. The van der Waals surface area contributed by atoms with Crippen LogP contribution in [0.2, 0.25) is 0 Å². The van der Waals surface area contributed by atoms with Crippen LogP contribution in [0.15, 0.2) is 24.5 Å². The van der Waals surface area contributed by atoms with E-state index in [1.807, 2.05) is 40.0 Å². The van der Waals surface area contributed by atoms with Crippen LogP contribution in [-0.2, 0) is 11.3 Å². The molecule has 0 radical (unpaired) electrons. The van der Waals surface area contributed by atoms with Gasteiger partial charge >= 0.3 is 5.97 Å². The number of aromatic carboxylic acids is 1. The maximum Gasteiger partial charge on any atom is 0.348 e. The maximum atomic E-state index is 13.7. The van der Waals surface area contributed by atoms with Crippen LogP contribution in [0.5, 0.6) is 0 Å². The van der Waals surface area contributed by atoms with Crippen LogP contribution in [0.3, 0.4) is 0 Å². The molecular weight excluding hydrogens is 422 g/mol. The Balaban J connectivity index is 2.01. The first-order valence-corrected chi connectivity index (χ1v) is 12.1. The summed E-state index contributed by atoms with van der Waals surface area (Å²) >= 11 is 1.14. The molecule has 172 valence electrons. The number of anilines is 1. The van der Waals surface area contributed by atoms with Crippen LogP contribution in [0.1, 0.15) is 74.9 Å². The molecule has 2 aromatic heterocycles. The fraction of sp³-hybridized carbons (Fsp3) is 0.560. The molecule has 1 atom stereocenters. The molecule has 1 unspecified atom stereocenters. The minimum atomic E-state index is -1.03. The standard InChI is InChI=1S/C25H33N3O3S/c1-17-7-9-19(10-8-17)23(29)28(18(2)16-27-14-6-13-26-27)21-15-20(11-12-25(3,4)5)32-22(21)24(30)31/h6,13-15,17-19H,7-10,16H2,1-5H3,(H,30,31). The third-order valence-electron chi connectivity index (χ3n) is 5.78. The van der Waals surface area contributed by atoms with Gasteiger partial charge in [0.2, 0.25) is 5.91 Å². The Hall–Kier alpha value is -2.59. The largest absolute Gasteiger partial charge is 0.477 e. The van der Waals surface area contributed by atoms with Crippen molar-refractivity contribution in [2.75, 3.05) is 4.90 Å². The molecule has 1 saturated carbocycles. The SMILES string of the molecule is CC1CCC(C(=O)N(c2cc(C#CC(C)(C)C)sc2C(=O)O)C(C)Cn2cccn2)CC1. The summed E-state index contributed by atoms with van der Waals surface area (Å²) in [5.41, 5.74) is 0.249. The van der Waals surface area contributed by atoms with E-state index < -0.39 is 5.97 Å². The number of carbonyl (C=O) groups is 2. The topological polar surface area (TPSA) is 75.4 Å². The zero-order valence-corrected chi connectivity index (χ0v) is 20.4. The molecule has 6 nitrogen and oxygen atoms in total. The van der Waals surface area contributed by atoms with Gasteiger partial charge < -0.3 is 10.0 Å². The van der Waals surface area contributed by atoms with Crippen molar-refractivity contribution in [2.24, 2.45) is 17.3 Å². The predicted molar refractivity (Wildman–Crippen MR) is 128 cm³/mol. The molecule has 32 heavy (non-hydrogen) atoms. The van der Waals surface area contributed by atoms with Crippen LogP contribution in [-0.4, -0.2) is 32.8 Å². The summed E-state index contributed by atoms with van der Waals surface area (Å²) in [4.78, 5) is 28.4. The lowest BCUT2D eigenvalue weighted by Gasteiger charge is -2.34. The second-order valence-corrected chi connectivity index (χ2v) is 10.9. The summed E-state index contributed by atoms with van der Waals surface area (Å²) in [6.07, 6.45) is 7.29. The van der Waals surface area contributed by atoms with Gasteiger partial charge in [-0.25, -0.2) is 4.79 Å². The van der Waals surface area contributed by atoms with Gasteiger partial charge in [-0.15, -0.1) is 11.3 Å². The highest BCUT2D eigenvalue weighted by Gasteiger charge is 2.34. The molecular formula is C25H33N3O3S. The molecule has 1 N–H and O–H groups in total. The minimum absolute atomic E-state index is 0.00665. The van der Waals surface area contributed by atoms with Crippen molar-refractivity contribution in [2.45, 2.75) is 72.9 Å². The van der Waals surface area contributed by atoms with Gasteiger partial charge in [0, 0.05) is 23.7 Å². The summed E-state index contributed by atoms with van der Waals surface area (Å²) in [5, 5.41) is 14.2. The van der Waals surface area contributed by atoms with Gasteiger partial charge in [-0.05, 0) is 71.4 Å². The molecule has 7 heteroatoms. The van der Waals surface area contributed by atoms with Crippen molar-refractivity contribution in [3.63, 3.8) is 0 Å². The molecule has 2 aromatic rings. The van der Waals surface area contributed by atoms with Gasteiger partial charge in [-0.2, -0.15) is 5.10 Å². The maximum absolute atomic E-state index is 13.7. The molecule has 1 aliphatic carbocycles. The number of carbonyl (C=O) groups excluding carboxylic acids is 1. The van der Waals surface area contributed by atoms with E-state index in [1.165, 1.54) is 0 Å². The van der Waals surface area contributed by atoms with E-state index in [0.717, 1.165) is 37.0 Å². The lowest BCUT2D eigenvalue weighted by Crippen LogP contribution is -2.45. The number of hydrogen-bond acceptors (Lipinski definition) is 4. The predicted octanol–water partition coefficient (Wildman–Crippen LogP) is 5.29. The molecule has 0 bridgehead atoms. The van der Waals surface area contributed by atoms with E-state index >= 15 is 0 Å². The number of carboxylic acids is 1. The van der Waals surface area contributed by atoms with Crippen LogP contribution in [0.4, 0.5) is 5.69 Å². The smallest absolute Gasteiger partial charge is 0.348 e. The lowest BCUT2D eigenvalue weighted by atomic mass is 9.82. The van der Waals surface area contributed by atoms with Crippen molar-refractivity contribution in [3.8, 4) is 11.8 Å². The summed E-state index contributed by atoms with van der Waals surface area (Å²) in [6.45, 7) is 10.7. The quantitative estimate of drug-likeness (QED) is 0.601. The van der Waals surface area contributed by atoms with Gasteiger partial charge in [0.15, 0.2) is 0 Å². The molecule has 0 aliphatic heterocycles. The van der Waals surface area contributed by atoms with Gasteiger partial charge in [0.25, 0.3) is 0 Å². The van der Waals surface area contributed by atoms with Crippen molar-refractivity contribution < 1.29 is 14.7 Å². The Kier molecular flexibility index (Phi) is 7.45. The monoisotopic (exact) mass is 455 g/mol. The normalized spacial score (nSPS) is 19.7. The van der Waals surface area contributed by atoms with E-state index in [1.54, 1.807) is 21.8 Å². The van der Waals surface area contributed by atoms with Crippen LogP contribution in [0, 0.1) is 29.1 Å². The Labute approximate surface area is 194 Å². The zero-order chi connectivity index (χ0) is 23.5. The summed E-state index contributed by atoms with van der Waals surface area (Å²) < 4.78 is 1.78. The third kappa shape index (κ3) is 6.01. The van der Waals surface area contributed by atoms with Gasteiger partial charge in [0.05, 0.1) is 23.2 Å². The molecule has 3 rings (SSSR count). The molecule has 0 saturated heterocycles. The van der Waals surface area contributed by atoms with Crippen molar-refractivity contribution in [3.05, 3.63) is 34.3 Å². The van der Waals surface area contributed by atoms with Crippen LogP contribution < -0.4 is 4.90 Å². The number of hydrogen-bond donors (Lipinski definition) is 1. The van der Waals surface area contributed by atoms with Crippen molar-refractivity contribution >= 4 is 28.9 Å². The Morgan fingerprint density at radius 1 is 1.31 bits per heavy atom. The first-order valence-electron chi connectivity index (χ1n) is 11.3. The van der Waals surface area contributed by atoms with E-state index in [2.05, 4.69) is 23.9 Å². The Morgan fingerprint density at radius 2 is 2.00 bits per heavy atom. The van der Waals surface area contributed by atoms with Gasteiger partial charge in [-0.3, -0.25) is 9.48 Å². The summed E-state index contributed by atoms with van der Waals surface area (Å²) in [5.74, 6) is 5.80. The second-order valence-electron chi connectivity index (χ2n) is 9.87.